The first-order valence-electron chi connectivity index (χ1n) is 9.60. The highest BCUT2D eigenvalue weighted by Crippen LogP contribution is 2.23. The molecule has 0 radical (unpaired) electrons. The summed E-state index contributed by atoms with van der Waals surface area (Å²) in [6, 6.07) is 19.3. The molecule has 0 bridgehead atoms. The summed E-state index contributed by atoms with van der Waals surface area (Å²) in [6.07, 6.45) is 0. The Morgan fingerprint density at radius 2 is 1.87 bits per heavy atom. The molecule has 4 aromatic rings. The number of carbonyl (C=O) groups is 1. The number of carbonyl (C=O) groups excluding carboxylic acids is 1. The minimum Gasteiger partial charge on any atom is -0.497 e. The molecule has 1 N–H and O–H groups in total. The van der Waals surface area contributed by atoms with Gasteiger partial charge < -0.3 is 14.8 Å². The van der Waals surface area contributed by atoms with Crippen LogP contribution in [-0.4, -0.2) is 18.0 Å². The normalized spacial score (nSPS) is 10.7. The third kappa shape index (κ3) is 4.60. The lowest BCUT2D eigenvalue weighted by Gasteiger charge is -2.11. The number of nitrogens with one attached hydrogen (secondary N) is 1. The molecule has 1 amide bonds. The summed E-state index contributed by atoms with van der Waals surface area (Å²) in [5.74, 6) is 1.20. The van der Waals surface area contributed by atoms with Gasteiger partial charge in [-0.15, -0.1) is 11.3 Å². The topological polar surface area (TPSA) is 60.5 Å². The summed E-state index contributed by atoms with van der Waals surface area (Å²) in [5, 5.41) is 8.15. The van der Waals surface area contributed by atoms with E-state index in [1.54, 1.807) is 30.6 Å². The Morgan fingerprint density at radius 3 is 2.67 bits per heavy atom. The molecule has 0 saturated heterocycles. The summed E-state index contributed by atoms with van der Waals surface area (Å²) in [5.41, 5.74) is 2.40. The van der Waals surface area contributed by atoms with Gasteiger partial charge in [-0.1, -0.05) is 30.3 Å². The van der Waals surface area contributed by atoms with Crippen LogP contribution in [0, 0.1) is 6.92 Å². The van der Waals surface area contributed by atoms with E-state index in [1.807, 2.05) is 54.8 Å². The number of aromatic nitrogens is 1. The molecule has 152 valence electrons. The van der Waals surface area contributed by atoms with Crippen molar-refractivity contribution < 1.29 is 14.3 Å². The molecule has 4 rings (SSSR count). The van der Waals surface area contributed by atoms with Gasteiger partial charge in [-0.3, -0.25) is 4.79 Å². The van der Waals surface area contributed by atoms with Crippen LogP contribution in [0.1, 0.15) is 26.6 Å². The molecule has 30 heavy (non-hydrogen) atoms. The molecule has 0 fully saturated rings. The first-order valence-corrected chi connectivity index (χ1v) is 10.5. The average Bonchev–Trinajstić information content (AvgIpc) is 3.20. The maximum absolute atomic E-state index is 12.8. The van der Waals surface area contributed by atoms with Crippen molar-refractivity contribution in [1.82, 2.24) is 10.3 Å². The number of hydrogen-bond donors (Lipinski definition) is 1. The van der Waals surface area contributed by atoms with Gasteiger partial charge in [0.2, 0.25) is 0 Å². The molecule has 0 unspecified atom stereocenters. The van der Waals surface area contributed by atoms with Gasteiger partial charge in [0.1, 0.15) is 18.1 Å². The van der Waals surface area contributed by atoms with Crippen molar-refractivity contribution >= 4 is 28.0 Å². The van der Waals surface area contributed by atoms with Gasteiger partial charge in [0.15, 0.2) is 0 Å². The maximum Gasteiger partial charge on any atom is 0.255 e. The number of amides is 1. The van der Waals surface area contributed by atoms with Gasteiger partial charge in [0, 0.05) is 11.9 Å². The molecular weight excluding hydrogens is 396 g/mol. The number of fused-ring (bicyclic) bond motifs is 1. The summed E-state index contributed by atoms with van der Waals surface area (Å²) < 4.78 is 11.1. The lowest BCUT2D eigenvalue weighted by Crippen LogP contribution is -2.23. The van der Waals surface area contributed by atoms with E-state index in [0.29, 0.717) is 24.5 Å². The van der Waals surface area contributed by atoms with Crippen molar-refractivity contribution in [1.29, 1.82) is 0 Å². The number of para-hydroxylation sites is 1. The van der Waals surface area contributed by atoms with Gasteiger partial charge in [-0.25, -0.2) is 4.98 Å². The highest BCUT2D eigenvalue weighted by molar-refractivity contribution is 7.09. The van der Waals surface area contributed by atoms with E-state index in [9.17, 15) is 4.79 Å². The van der Waals surface area contributed by atoms with Gasteiger partial charge >= 0.3 is 0 Å². The standard InChI is InChI=1S/C24H22N2O3S/c1-16-26-20(15-30-16)14-29-23-6-4-3-5-22(23)24(27)25-13-17-7-8-19-12-21(28-2)10-9-18(19)11-17/h3-12,15H,13-14H2,1-2H3,(H,25,27). The molecular formula is C24H22N2O3S. The second-order valence-corrected chi connectivity index (χ2v) is 7.94. The molecule has 3 aromatic carbocycles. The Hall–Kier alpha value is -3.38. The van der Waals surface area contributed by atoms with E-state index in [1.165, 1.54) is 0 Å². The maximum atomic E-state index is 12.8. The molecule has 5 nitrogen and oxygen atoms in total. The number of thiazole rings is 1. The van der Waals surface area contributed by atoms with Crippen LogP contribution < -0.4 is 14.8 Å². The summed E-state index contributed by atoms with van der Waals surface area (Å²) >= 11 is 1.58. The second kappa shape index (κ2) is 8.97. The van der Waals surface area contributed by atoms with Gasteiger partial charge in [0.25, 0.3) is 5.91 Å². The molecule has 0 aliphatic heterocycles. The van der Waals surface area contributed by atoms with Crippen LogP contribution in [0.25, 0.3) is 10.8 Å². The summed E-state index contributed by atoms with van der Waals surface area (Å²) in [4.78, 5) is 17.2. The summed E-state index contributed by atoms with van der Waals surface area (Å²) in [7, 11) is 1.66. The Labute approximate surface area is 179 Å². The monoisotopic (exact) mass is 418 g/mol. The number of benzene rings is 3. The van der Waals surface area contributed by atoms with E-state index < -0.39 is 0 Å². The number of methoxy groups -OCH3 is 1. The largest absolute Gasteiger partial charge is 0.497 e. The van der Waals surface area contributed by atoms with Crippen LogP contribution in [0.5, 0.6) is 11.5 Å². The Morgan fingerprint density at radius 1 is 1.07 bits per heavy atom. The fraction of sp³-hybridized carbons (Fsp3) is 0.167. The molecule has 0 atom stereocenters. The zero-order valence-corrected chi connectivity index (χ0v) is 17.7. The summed E-state index contributed by atoms with van der Waals surface area (Å²) in [6.45, 7) is 2.72. The predicted octanol–water partition coefficient (Wildman–Crippen LogP) is 5.12. The van der Waals surface area contributed by atoms with Crippen LogP contribution in [0.3, 0.4) is 0 Å². The Bertz CT molecular complexity index is 1190. The third-order valence-electron chi connectivity index (χ3n) is 4.74. The van der Waals surface area contributed by atoms with Crippen LogP contribution >= 0.6 is 11.3 Å². The molecule has 6 heteroatoms. The fourth-order valence-corrected chi connectivity index (χ4v) is 3.79. The van der Waals surface area contributed by atoms with Crippen molar-refractivity contribution in [3.05, 3.63) is 87.9 Å². The fourth-order valence-electron chi connectivity index (χ4n) is 3.19. The lowest BCUT2D eigenvalue weighted by atomic mass is 10.1. The SMILES string of the molecule is COc1ccc2cc(CNC(=O)c3ccccc3OCc3csc(C)n3)ccc2c1. The second-order valence-electron chi connectivity index (χ2n) is 6.87. The van der Waals surface area contributed by atoms with Gasteiger partial charge in [-0.2, -0.15) is 0 Å². The molecule has 1 aromatic heterocycles. The van der Waals surface area contributed by atoms with Crippen LogP contribution in [0.2, 0.25) is 0 Å². The van der Waals surface area contributed by atoms with E-state index in [4.69, 9.17) is 9.47 Å². The molecule has 0 aliphatic carbocycles. The average molecular weight is 419 g/mol. The zero-order chi connectivity index (χ0) is 20.9. The van der Waals surface area contributed by atoms with Gasteiger partial charge in [0.05, 0.1) is 23.4 Å². The van der Waals surface area contributed by atoms with Crippen molar-refractivity contribution in [3.8, 4) is 11.5 Å². The first kappa shape index (κ1) is 19.9. The molecule has 0 spiro atoms. The minimum absolute atomic E-state index is 0.171. The Balaban J connectivity index is 1.43. The smallest absolute Gasteiger partial charge is 0.255 e. The minimum atomic E-state index is -0.171. The predicted molar refractivity (Wildman–Crippen MR) is 119 cm³/mol. The highest BCUT2D eigenvalue weighted by Gasteiger charge is 2.13. The van der Waals surface area contributed by atoms with Crippen LogP contribution in [0.15, 0.2) is 66.0 Å². The van der Waals surface area contributed by atoms with E-state index >= 15 is 0 Å². The van der Waals surface area contributed by atoms with Crippen LogP contribution in [0.4, 0.5) is 0 Å². The quantitative estimate of drug-likeness (QED) is 0.452. The Kier molecular flexibility index (Phi) is 5.95. The van der Waals surface area contributed by atoms with Crippen molar-refractivity contribution in [3.63, 3.8) is 0 Å². The zero-order valence-electron chi connectivity index (χ0n) is 16.8. The van der Waals surface area contributed by atoms with Crippen molar-refractivity contribution in [2.75, 3.05) is 7.11 Å². The van der Waals surface area contributed by atoms with E-state index in [2.05, 4.69) is 16.4 Å². The van der Waals surface area contributed by atoms with E-state index in [0.717, 1.165) is 32.8 Å². The van der Waals surface area contributed by atoms with Crippen molar-refractivity contribution in [2.24, 2.45) is 0 Å². The number of rotatable bonds is 7. The highest BCUT2D eigenvalue weighted by atomic mass is 32.1. The molecule has 0 saturated carbocycles. The third-order valence-corrected chi connectivity index (χ3v) is 5.56. The first-order chi connectivity index (χ1) is 14.6. The molecule has 1 heterocycles. The number of hydrogen-bond acceptors (Lipinski definition) is 5. The van der Waals surface area contributed by atoms with Gasteiger partial charge in [-0.05, 0) is 53.6 Å². The van der Waals surface area contributed by atoms with Crippen molar-refractivity contribution in [2.45, 2.75) is 20.1 Å². The number of nitrogens with zero attached hydrogens (tertiary/aromatic N) is 1. The number of aryl methyl sites for hydroxylation is 1. The van der Waals surface area contributed by atoms with Crippen LogP contribution in [-0.2, 0) is 13.2 Å². The number of ether oxygens (including phenoxy) is 2. The molecule has 0 aliphatic rings. The lowest BCUT2D eigenvalue weighted by molar-refractivity contribution is 0.0946. The van der Waals surface area contributed by atoms with E-state index in [-0.39, 0.29) is 5.91 Å².